The lowest BCUT2D eigenvalue weighted by Crippen LogP contribution is -1.97. The zero-order chi connectivity index (χ0) is 12.1. The van der Waals surface area contributed by atoms with Crippen LogP contribution < -0.4 is 4.18 Å². The van der Waals surface area contributed by atoms with Gasteiger partial charge in [0.15, 0.2) is 0 Å². The second kappa shape index (κ2) is 5.61. The van der Waals surface area contributed by atoms with E-state index < -0.39 is 11.4 Å². The van der Waals surface area contributed by atoms with Gasteiger partial charge in [-0.2, -0.15) is 4.21 Å². The van der Waals surface area contributed by atoms with Gasteiger partial charge in [-0.1, -0.05) is 42.5 Å². The van der Waals surface area contributed by atoms with Gasteiger partial charge in [-0.3, -0.25) is 4.55 Å². The molecule has 4 heteroatoms. The van der Waals surface area contributed by atoms with Gasteiger partial charge in [-0.15, -0.1) is 0 Å². The molecule has 17 heavy (non-hydrogen) atoms. The first-order valence-electron chi connectivity index (χ1n) is 5.16. The first kappa shape index (κ1) is 11.8. The Kier molecular flexibility index (Phi) is 3.90. The molecule has 88 valence electrons. The molecule has 0 aromatic heterocycles. The van der Waals surface area contributed by atoms with E-state index in [0.29, 0.717) is 5.75 Å². The molecule has 1 N–H and O–H groups in total. The van der Waals surface area contributed by atoms with Crippen molar-refractivity contribution in [1.29, 1.82) is 0 Å². The average molecular weight is 248 g/mol. The van der Waals surface area contributed by atoms with Crippen molar-refractivity contribution in [2.75, 3.05) is 0 Å². The van der Waals surface area contributed by atoms with Crippen molar-refractivity contribution in [2.24, 2.45) is 0 Å². The van der Waals surface area contributed by atoms with Crippen molar-refractivity contribution in [3.8, 4) is 5.75 Å². The Bertz CT molecular complexity index is 494. The molecule has 0 bridgehead atoms. The fourth-order valence-electron chi connectivity index (χ4n) is 1.58. The summed E-state index contributed by atoms with van der Waals surface area (Å²) in [6, 6.07) is 17.3. The smallest absolute Gasteiger partial charge is 0.357 e. The van der Waals surface area contributed by atoms with Crippen LogP contribution in [-0.4, -0.2) is 8.76 Å². The van der Waals surface area contributed by atoms with Crippen LogP contribution in [0.3, 0.4) is 0 Å². The molecule has 0 spiro atoms. The monoisotopic (exact) mass is 248 g/mol. The van der Waals surface area contributed by atoms with Crippen molar-refractivity contribution >= 4 is 11.4 Å². The summed E-state index contributed by atoms with van der Waals surface area (Å²) in [7, 11) is 0. The predicted molar refractivity (Wildman–Crippen MR) is 67.1 cm³/mol. The molecule has 0 aliphatic carbocycles. The van der Waals surface area contributed by atoms with Gasteiger partial charge in [0.2, 0.25) is 0 Å². The largest absolute Gasteiger partial charge is 0.380 e. The van der Waals surface area contributed by atoms with Gasteiger partial charge in [0.25, 0.3) is 0 Å². The van der Waals surface area contributed by atoms with Crippen molar-refractivity contribution in [2.45, 2.75) is 6.42 Å². The van der Waals surface area contributed by atoms with Crippen LogP contribution in [0.1, 0.15) is 11.1 Å². The Morgan fingerprint density at radius 2 is 1.53 bits per heavy atom. The highest BCUT2D eigenvalue weighted by Gasteiger charge is 1.99. The summed E-state index contributed by atoms with van der Waals surface area (Å²) in [5.74, 6) is 0.391. The Hall–Kier alpha value is -1.65. The Labute approximate surface area is 103 Å². The molecular formula is C13H12O3S. The van der Waals surface area contributed by atoms with Gasteiger partial charge in [-0.25, -0.2) is 0 Å². The second-order valence-electron chi connectivity index (χ2n) is 3.61. The quantitative estimate of drug-likeness (QED) is 0.846. The van der Waals surface area contributed by atoms with E-state index in [1.54, 1.807) is 12.1 Å². The number of rotatable bonds is 4. The van der Waals surface area contributed by atoms with Crippen molar-refractivity contribution in [1.82, 2.24) is 0 Å². The van der Waals surface area contributed by atoms with E-state index in [0.717, 1.165) is 12.0 Å². The van der Waals surface area contributed by atoms with Crippen molar-refractivity contribution < 1.29 is 12.9 Å². The van der Waals surface area contributed by atoms with Crippen LogP contribution in [0.25, 0.3) is 0 Å². The SMILES string of the molecule is O=S(O)Oc1ccc(Cc2ccccc2)cc1. The highest BCUT2D eigenvalue weighted by molar-refractivity contribution is 7.74. The standard InChI is InChI=1S/C13H12O3S/c14-17(15)16-13-8-6-12(7-9-13)10-11-4-2-1-3-5-11/h1-9H,10H2,(H,14,15). The van der Waals surface area contributed by atoms with Crippen LogP contribution in [0.4, 0.5) is 0 Å². The lowest BCUT2D eigenvalue weighted by Gasteiger charge is -2.03. The summed E-state index contributed by atoms with van der Waals surface area (Å²) in [6.07, 6.45) is 0.837. The zero-order valence-electron chi connectivity index (χ0n) is 9.08. The minimum absolute atomic E-state index is 0.391. The molecule has 0 amide bonds. The van der Waals surface area contributed by atoms with Gasteiger partial charge < -0.3 is 4.18 Å². The third kappa shape index (κ3) is 3.69. The molecule has 0 radical (unpaired) electrons. The summed E-state index contributed by atoms with van der Waals surface area (Å²) < 4.78 is 23.6. The summed E-state index contributed by atoms with van der Waals surface area (Å²) >= 11 is -2.26. The van der Waals surface area contributed by atoms with Gasteiger partial charge >= 0.3 is 11.4 Å². The fourth-order valence-corrected chi connectivity index (χ4v) is 1.85. The maximum absolute atomic E-state index is 10.4. The molecule has 1 unspecified atom stereocenters. The topological polar surface area (TPSA) is 46.5 Å². The zero-order valence-corrected chi connectivity index (χ0v) is 9.89. The molecular weight excluding hydrogens is 236 g/mol. The molecule has 2 aromatic carbocycles. The minimum Gasteiger partial charge on any atom is -0.380 e. The maximum Gasteiger partial charge on any atom is 0.357 e. The number of benzene rings is 2. The van der Waals surface area contributed by atoms with E-state index in [4.69, 9.17) is 4.55 Å². The fraction of sp³-hybridized carbons (Fsp3) is 0.0769. The van der Waals surface area contributed by atoms with E-state index in [9.17, 15) is 4.21 Å². The molecule has 1 atom stereocenters. The predicted octanol–water partition coefficient (Wildman–Crippen LogP) is 2.79. The molecule has 0 heterocycles. The van der Waals surface area contributed by atoms with Gasteiger partial charge in [0.1, 0.15) is 5.75 Å². The first-order chi connectivity index (χ1) is 8.24. The highest BCUT2D eigenvalue weighted by atomic mass is 32.2. The lowest BCUT2D eigenvalue weighted by atomic mass is 10.1. The molecule has 0 saturated heterocycles. The van der Waals surface area contributed by atoms with Crippen molar-refractivity contribution in [3.63, 3.8) is 0 Å². The molecule has 0 saturated carbocycles. The first-order valence-corrected chi connectivity index (χ1v) is 6.19. The molecule has 0 aliphatic rings. The third-order valence-corrected chi connectivity index (χ3v) is 2.68. The van der Waals surface area contributed by atoms with Crippen LogP contribution >= 0.6 is 0 Å². The summed E-state index contributed by atoms with van der Waals surface area (Å²) in [5.41, 5.74) is 2.36. The van der Waals surface area contributed by atoms with Crippen LogP contribution in [0.15, 0.2) is 54.6 Å². The lowest BCUT2D eigenvalue weighted by molar-refractivity contribution is 0.458. The molecule has 0 fully saturated rings. The summed E-state index contributed by atoms with van der Waals surface area (Å²) in [4.78, 5) is 0. The Balaban J connectivity index is 2.06. The summed E-state index contributed by atoms with van der Waals surface area (Å²) in [6.45, 7) is 0. The van der Waals surface area contributed by atoms with Crippen molar-refractivity contribution in [3.05, 3.63) is 65.7 Å². The average Bonchev–Trinajstić information content (AvgIpc) is 2.32. The van der Waals surface area contributed by atoms with E-state index in [-0.39, 0.29) is 0 Å². The Morgan fingerprint density at radius 3 is 2.12 bits per heavy atom. The minimum atomic E-state index is -2.26. The van der Waals surface area contributed by atoms with E-state index in [2.05, 4.69) is 16.3 Å². The second-order valence-corrected chi connectivity index (χ2v) is 4.21. The van der Waals surface area contributed by atoms with E-state index in [1.165, 1.54) is 5.56 Å². The van der Waals surface area contributed by atoms with Gasteiger partial charge in [0.05, 0.1) is 0 Å². The molecule has 3 nitrogen and oxygen atoms in total. The molecule has 2 aromatic rings. The van der Waals surface area contributed by atoms with Crippen LogP contribution in [0, 0.1) is 0 Å². The normalized spacial score (nSPS) is 12.1. The third-order valence-electron chi connectivity index (χ3n) is 2.34. The van der Waals surface area contributed by atoms with Gasteiger partial charge in [0, 0.05) is 0 Å². The van der Waals surface area contributed by atoms with Crippen LogP contribution in [0.5, 0.6) is 5.75 Å². The van der Waals surface area contributed by atoms with Crippen LogP contribution in [-0.2, 0) is 17.8 Å². The van der Waals surface area contributed by atoms with Crippen LogP contribution in [0.2, 0.25) is 0 Å². The van der Waals surface area contributed by atoms with E-state index in [1.807, 2.05) is 30.3 Å². The number of hydrogen-bond acceptors (Lipinski definition) is 2. The van der Waals surface area contributed by atoms with E-state index >= 15 is 0 Å². The summed E-state index contributed by atoms with van der Waals surface area (Å²) in [5, 5.41) is 0. The highest BCUT2D eigenvalue weighted by Crippen LogP contribution is 2.15. The molecule has 2 rings (SSSR count). The number of hydrogen-bond donors (Lipinski definition) is 1. The molecule has 0 aliphatic heterocycles. The van der Waals surface area contributed by atoms with Gasteiger partial charge in [-0.05, 0) is 29.7 Å². The maximum atomic E-state index is 10.4. The Morgan fingerprint density at radius 1 is 0.941 bits per heavy atom.